The lowest BCUT2D eigenvalue weighted by atomic mass is 9.86. The Morgan fingerprint density at radius 2 is 1.80 bits per heavy atom. The molecule has 20 heavy (non-hydrogen) atoms. The van der Waals surface area contributed by atoms with Crippen molar-refractivity contribution in [2.75, 3.05) is 7.11 Å². The monoisotopic (exact) mass is 397 g/mol. The summed E-state index contributed by atoms with van der Waals surface area (Å²) in [5.41, 5.74) is 8.30. The molecule has 2 aromatic carbocycles. The molecule has 0 amide bonds. The molecule has 2 aromatic rings. The maximum Gasteiger partial charge on any atom is 0.119 e. The number of hydrogen-bond acceptors (Lipinski definition) is 2. The van der Waals surface area contributed by atoms with Gasteiger partial charge in [0.15, 0.2) is 0 Å². The summed E-state index contributed by atoms with van der Waals surface area (Å²) in [5, 5.41) is 0. The zero-order valence-electron chi connectivity index (χ0n) is 11.5. The lowest BCUT2D eigenvalue weighted by Gasteiger charge is -2.27. The largest absolute Gasteiger partial charge is 0.497 e. The predicted octanol–water partition coefficient (Wildman–Crippen LogP) is 4.64. The molecule has 0 aliphatic carbocycles. The highest BCUT2D eigenvalue weighted by atomic mass is 79.9. The fraction of sp³-hybridized carbons (Fsp3) is 0.250. The normalized spacial score (nSPS) is 13.8. The van der Waals surface area contributed by atoms with Gasteiger partial charge in [-0.25, -0.2) is 0 Å². The van der Waals surface area contributed by atoms with E-state index in [1.54, 1.807) is 7.11 Å². The van der Waals surface area contributed by atoms with Gasteiger partial charge in [-0.05, 0) is 48.7 Å². The lowest BCUT2D eigenvalue weighted by Crippen LogP contribution is -2.36. The van der Waals surface area contributed by atoms with Crippen LogP contribution in [0, 0.1) is 0 Å². The van der Waals surface area contributed by atoms with Gasteiger partial charge in [-0.15, -0.1) is 0 Å². The SMILES string of the molecule is COc1ccc(Br)c(CC(C)(N)c2ccccc2Br)c1. The summed E-state index contributed by atoms with van der Waals surface area (Å²) in [7, 11) is 1.67. The summed E-state index contributed by atoms with van der Waals surface area (Å²) in [5.74, 6) is 0.839. The van der Waals surface area contributed by atoms with Gasteiger partial charge in [0.1, 0.15) is 5.75 Å². The van der Waals surface area contributed by atoms with E-state index in [1.165, 1.54) is 0 Å². The molecule has 0 radical (unpaired) electrons. The van der Waals surface area contributed by atoms with E-state index in [-0.39, 0.29) is 0 Å². The smallest absolute Gasteiger partial charge is 0.119 e. The summed E-state index contributed by atoms with van der Waals surface area (Å²) in [6.07, 6.45) is 0.716. The molecule has 2 rings (SSSR count). The van der Waals surface area contributed by atoms with Crippen molar-refractivity contribution in [1.82, 2.24) is 0 Å². The highest BCUT2D eigenvalue weighted by Crippen LogP contribution is 2.32. The van der Waals surface area contributed by atoms with Gasteiger partial charge in [-0.2, -0.15) is 0 Å². The second-order valence-electron chi connectivity index (χ2n) is 5.03. The van der Waals surface area contributed by atoms with E-state index in [1.807, 2.05) is 43.3 Å². The van der Waals surface area contributed by atoms with Gasteiger partial charge in [0.25, 0.3) is 0 Å². The van der Waals surface area contributed by atoms with Crippen molar-refractivity contribution in [3.05, 3.63) is 62.5 Å². The number of nitrogens with two attached hydrogens (primary N) is 1. The third kappa shape index (κ3) is 3.43. The third-order valence-corrected chi connectivity index (χ3v) is 4.76. The van der Waals surface area contributed by atoms with Crippen molar-refractivity contribution in [3.8, 4) is 5.75 Å². The standard InChI is InChI=1S/C16H17Br2NO/c1-16(19,13-5-3-4-6-15(13)18)10-11-9-12(20-2)7-8-14(11)17/h3-9H,10,19H2,1-2H3. The summed E-state index contributed by atoms with van der Waals surface area (Å²) in [6.45, 7) is 2.04. The highest BCUT2D eigenvalue weighted by molar-refractivity contribution is 9.10. The number of rotatable bonds is 4. The molecule has 0 aliphatic rings. The molecule has 1 unspecified atom stereocenters. The molecule has 2 N–H and O–H groups in total. The number of hydrogen-bond donors (Lipinski definition) is 1. The summed E-state index contributed by atoms with van der Waals surface area (Å²) in [4.78, 5) is 0. The van der Waals surface area contributed by atoms with Crippen molar-refractivity contribution in [1.29, 1.82) is 0 Å². The average Bonchev–Trinajstić information content (AvgIpc) is 2.41. The summed E-state index contributed by atoms with van der Waals surface area (Å²) >= 11 is 7.16. The van der Waals surface area contributed by atoms with Crippen LogP contribution in [0.25, 0.3) is 0 Å². The van der Waals surface area contributed by atoms with Crippen LogP contribution in [0.2, 0.25) is 0 Å². The molecule has 0 aliphatic heterocycles. The molecular formula is C16H17Br2NO. The molecule has 106 valence electrons. The predicted molar refractivity (Wildman–Crippen MR) is 90.1 cm³/mol. The molecule has 0 spiro atoms. The van der Waals surface area contributed by atoms with E-state index < -0.39 is 5.54 Å². The molecule has 0 saturated heterocycles. The molecule has 0 bridgehead atoms. The summed E-state index contributed by atoms with van der Waals surface area (Å²) in [6, 6.07) is 14.0. The van der Waals surface area contributed by atoms with Gasteiger partial charge in [-0.3, -0.25) is 0 Å². The zero-order chi connectivity index (χ0) is 14.8. The second-order valence-corrected chi connectivity index (χ2v) is 6.74. The van der Waals surface area contributed by atoms with Crippen molar-refractivity contribution in [2.24, 2.45) is 5.73 Å². The van der Waals surface area contributed by atoms with Gasteiger partial charge >= 0.3 is 0 Å². The molecule has 0 saturated carbocycles. The molecule has 0 aromatic heterocycles. The van der Waals surface area contributed by atoms with Gasteiger partial charge in [0.2, 0.25) is 0 Å². The van der Waals surface area contributed by atoms with Crippen molar-refractivity contribution in [3.63, 3.8) is 0 Å². The van der Waals surface area contributed by atoms with Crippen LogP contribution in [0.1, 0.15) is 18.1 Å². The number of halogens is 2. The second kappa shape index (κ2) is 6.29. The average molecular weight is 399 g/mol. The Morgan fingerprint density at radius 1 is 1.10 bits per heavy atom. The molecule has 1 atom stereocenters. The van der Waals surface area contributed by atoms with Crippen LogP contribution in [0.15, 0.2) is 51.4 Å². The first-order valence-corrected chi connectivity index (χ1v) is 7.89. The van der Waals surface area contributed by atoms with E-state index in [4.69, 9.17) is 10.5 Å². The van der Waals surface area contributed by atoms with Crippen LogP contribution >= 0.6 is 31.9 Å². The summed E-state index contributed by atoms with van der Waals surface area (Å²) < 4.78 is 7.36. The first-order chi connectivity index (χ1) is 9.44. The molecule has 4 heteroatoms. The fourth-order valence-electron chi connectivity index (χ4n) is 2.23. The van der Waals surface area contributed by atoms with Gasteiger partial charge < -0.3 is 10.5 Å². The van der Waals surface area contributed by atoms with Crippen LogP contribution < -0.4 is 10.5 Å². The highest BCUT2D eigenvalue weighted by Gasteiger charge is 2.25. The Hall–Kier alpha value is -0.840. The van der Waals surface area contributed by atoms with Crippen LogP contribution in [0.4, 0.5) is 0 Å². The molecule has 0 fully saturated rings. The van der Waals surface area contributed by atoms with Gasteiger partial charge in [0, 0.05) is 14.5 Å². The van der Waals surface area contributed by atoms with Gasteiger partial charge in [0.05, 0.1) is 7.11 Å². The van der Waals surface area contributed by atoms with Crippen molar-refractivity contribution in [2.45, 2.75) is 18.9 Å². The minimum Gasteiger partial charge on any atom is -0.497 e. The quantitative estimate of drug-likeness (QED) is 0.814. The van der Waals surface area contributed by atoms with E-state index in [9.17, 15) is 0 Å². The van der Waals surface area contributed by atoms with E-state index in [2.05, 4.69) is 37.9 Å². The lowest BCUT2D eigenvalue weighted by molar-refractivity contribution is 0.412. The number of methoxy groups -OCH3 is 1. The van der Waals surface area contributed by atoms with Crippen molar-refractivity contribution < 1.29 is 4.74 Å². The Bertz CT molecular complexity index is 611. The van der Waals surface area contributed by atoms with Crippen LogP contribution in [-0.4, -0.2) is 7.11 Å². The van der Waals surface area contributed by atoms with Crippen LogP contribution in [0.3, 0.4) is 0 Å². The maximum atomic E-state index is 6.54. The molecule has 2 nitrogen and oxygen atoms in total. The Labute approximate surface area is 136 Å². The fourth-order valence-corrected chi connectivity index (χ4v) is 3.35. The molecular weight excluding hydrogens is 382 g/mol. The topological polar surface area (TPSA) is 35.2 Å². The zero-order valence-corrected chi connectivity index (χ0v) is 14.7. The van der Waals surface area contributed by atoms with E-state index >= 15 is 0 Å². The number of ether oxygens (including phenoxy) is 1. The minimum absolute atomic E-state index is 0.463. The Balaban J connectivity index is 2.35. The Morgan fingerprint density at radius 3 is 2.45 bits per heavy atom. The first-order valence-electron chi connectivity index (χ1n) is 6.30. The first kappa shape index (κ1) is 15.5. The van der Waals surface area contributed by atoms with E-state index in [0.717, 1.165) is 25.8 Å². The Kier molecular flexibility index (Phi) is 4.89. The minimum atomic E-state index is -0.463. The van der Waals surface area contributed by atoms with Crippen LogP contribution in [-0.2, 0) is 12.0 Å². The third-order valence-electron chi connectivity index (χ3n) is 3.30. The van der Waals surface area contributed by atoms with E-state index in [0.29, 0.717) is 6.42 Å². The van der Waals surface area contributed by atoms with Gasteiger partial charge in [-0.1, -0.05) is 50.1 Å². The van der Waals surface area contributed by atoms with Crippen LogP contribution in [0.5, 0.6) is 5.75 Å². The molecule has 0 heterocycles. The number of benzene rings is 2. The maximum absolute atomic E-state index is 6.54. The van der Waals surface area contributed by atoms with Crippen molar-refractivity contribution >= 4 is 31.9 Å².